The second-order valence-electron chi connectivity index (χ2n) is 5.89. The molecular formula is C17H17F3N4O2. The van der Waals surface area contributed by atoms with Crippen LogP contribution in [0, 0.1) is 0 Å². The van der Waals surface area contributed by atoms with Gasteiger partial charge in [-0.3, -0.25) is 5.43 Å². The van der Waals surface area contributed by atoms with Crippen molar-refractivity contribution in [3.05, 3.63) is 53.2 Å². The first kappa shape index (κ1) is 18.0. The van der Waals surface area contributed by atoms with Crippen molar-refractivity contribution < 1.29 is 22.7 Å². The second-order valence-corrected chi connectivity index (χ2v) is 5.89. The number of hydrogen-bond acceptors (Lipinski definition) is 4. The number of hydrogen-bond donors (Lipinski definition) is 3. The van der Waals surface area contributed by atoms with Crippen LogP contribution in [0.2, 0.25) is 0 Å². The van der Waals surface area contributed by atoms with Crippen LogP contribution in [0.3, 0.4) is 0 Å². The van der Waals surface area contributed by atoms with Crippen molar-refractivity contribution in [1.29, 1.82) is 0 Å². The molecule has 2 amide bonds. The number of nitrogens with zero attached hydrogens (tertiary/aromatic N) is 1. The monoisotopic (exact) mass is 366 g/mol. The minimum Gasteiger partial charge on any atom is -0.472 e. The number of rotatable bonds is 5. The molecule has 2 aromatic rings. The molecular weight excluding hydrogens is 349 g/mol. The summed E-state index contributed by atoms with van der Waals surface area (Å²) in [5, 5.41) is 2.57. The maximum Gasteiger partial charge on any atom is 0.421 e. The number of nitrogens with two attached hydrogens (primary N) is 1. The fourth-order valence-corrected chi connectivity index (χ4v) is 2.68. The molecule has 0 saturated heterocycles. The molecule has 26 heavy (non-hydrogen) atoms. The van der Waals surface area contributed by atoms with Gasteiger partial charge >= 0.3 is 12.2 Å². The number of nitrogens with one attached hydrogen (secondary N) is 2. The number of alkyl halides is 3. The zero-order valence-electron chi connectivity index (χ0n) is 13.6. The molecule has 3 rings (SSSR count). The summed E-state index contributed by atoms with van der Waals surface area (Å²) in [4.78, 5) is 15.2. The van der Waals surface area contributed by atoms with Gasteiger partial charge in [-0.2, -0.15) is 13.2 Å². The van der Waals surface area contributed by atoms with Gasteiger partial charge in [-0.05, 0) is 42.5 Å². The number of carbonyl (C=O) groups is 1. The molecule has 4 N–H and O–H groups in total. The van der Waals surface area contributed by atoms with Crippen LogP contribution < -0.4 is 21.3 Å². The van der Waals surface area contributed by atoms with Crippen LogP contribution >= 0.6 is 0 Å². The summed E-state index contributed by atoms with van der Waals surface area (Å²) in [5.41, 5.74) is 2.99. The third-order valence-electron chi connectivity index (χ3n) is 4.04. The number of anilines is 1. The van der Waals surface area contributed by atoms with E-state index in [4.69, 9.17) is 10.6 Å². The number of carbonyl (C=O) groups excluding carboxylic acids is 1. The maximum absolute atomic E-state index is 13.1. The molecule has 6 nitrogen and oxygen atoms in total. The number of urea groups is 1. The topological polar surface area (TPSA) is 89.3 Å². The zero-order valence-corrected chi connectivity index (χ0v) is 13.6. The summed E-state index contributed by atoms with van der Waals surface area (Å²) >= 11 is 0. The standard InChI is InChI=1S/C17H17F3N4O2/c18-17(19,20)13-4-2-8-22-15(13)26-9-12-11(10-6-7-10)3-1-5-14(12)23-16(25)24-21/h1-5,8,10H,6-7,9,21H2,(H2,23,24,25). The Kier molecular flexibility index (Phi) is 4.99. The Balaban J connectivity index is 1.89. The Bertz CT molecular complexity index is 807. The summed E-state index contributed by atoms with van der Waals surface area (Å²) < 4.78 is 44.7. The summed E-state index contributed by atoms with van der Waals surface area (Å²) in [5.74, 6) is 4.89. The lowest BCUT2D eigenvalue weighted by molar-refractivity contribution is -0.139. The fraction of sp³-hybridized carbons (Fsp3) is 0.294. The molecule has 1 aliphatic carbocycles. The summed E-state index contributed by atoms with van der Waals surface area (Å²) in [6.07, 6.45) is -1.37. The molecule has 9 heteroatoms. The van der Waals surface area contributed by atoms with E-state index in [-0.39, 0.29) is 6.61 Å². The summed E-state index contributed by atoms with van der Waals surface area (Å²) in [7, 11) is 0. The zero-order chi connectivity index (χ0) is 18.7. The van der Waals surface area contributed by atoms with Crippen molar-refractivity contribution in [2.45, 2.75) is 31.5 Å². The number of ether oxygens (including phenoxy) is 1. The largest absolute Gasteiger partial charge is 0.472 e. The predicted molar refractivity (Wildman–Crippen MR) is 88.3 cm³/mol. The van der Waals surface area contributed by atoms with Crippen LogP contribution in [0.1, 0.15) is 35.4 Å². The van der Waals surface area contributed by atoms with Gasteiger partial charge in [-0.1, -0.05) is 12.1 Å². The Hall–Kier alpha value is -2.81. The third-order valence-corrected chi connectivity index (χ3v) is 4.04. The van der Waals surface area contributed by atoms with Crippen LogP contribution in [0.15, 0.2) is 36.5 Å². The lowest BCUT2D eigenvalue weighted by Crippen LogP contribution is -2.34. The van der Waals surface area contributed by atoms with Gasteiger partial charge in [-0.15, -0.1) is 0 Å². The lowest BCUT2D eigenvalue weighted by Gasteiger charge is -2.17. The highest BCUT2D eigenvalue weighted by Crippen LogP contribution is 2.43. The molecule has 0 atom stereocenters. The van der Waals surface area contributed by atoms with Gasteiger partial charge in [0.15, 0.2) is 0 Å². The molecule has 0 bridgehead atoms. The van der Waals surface area contributed by atoms with Gasteiger partial charge in [0.05, 0.1) is 0 Å². The third kappa shape index (κ3) is 4.05. The lowest BCUT2D eigenvalue weighted by atomic mass is 10.0. The van der Waals surface area contributed by atoms with Crippen molar-refractivity contribution in [2.75, 3.05) is 5.32 Å². The number of benzene rings is 1. The van der Waals surface area contributed by atoms with Gasteiger partial charge < -0.3 is 10.1 Å². The molecule has 1 aliphatic rings. The first-order valence-electron chi connectivity index (χ1n) is 7.94. The molecule has 0 aliphatic heterocycles. The van der Waals surface area contributed by atoms with Crippen LogP contribution in [0.25, 0.3) is 0 Å². The first-order chi connectivity index (χ1) is 12.4. The SMILES string of the molecule is NNC(=O)Nc1cccc(C2CC2)c1COc1ncccc1C(F)(F)F. The van der Waals surface area contributed by atoms with Crippen molar-refractivity contribution in [3.63, 3.8) is 0 Å². The predicted octanol–water partition coefficient (Wildman–Crippen LogP) is 3.55. The average Bonchev–Trinajstić information content (AvgIpc) is 3.44. The Morgan fingerprint density at radius 2 is 2.04 bits per heavy atom. The molecule has 0 radical (unpaired) electrons. The van der Waals surface area contributed by atoms with E-state index in [1.807, 2.05) is 11.5 Å². The Labute approximate surface area is 147 Å². The second kappa shape index (κ2) is 7.20. The summed E-state index contributed by atoms with van der Waals surface area (Å²) in [6.45, 7) is -0.160. The van der Waals surface area contributed by atoms with Gasteiger partial charge in [-0.25, -0.2) is 15.6 Å². The van der Waals surface area contributed by atoms with E-state index in [2.05, 4.69) is 10.3 Å². The van der Waals surface area contributed by atoms with E-state index in [0.717, 1.165) is 24.5 Å². The quantitative estimate of drug-likeness (QED) is 0.429. The van der Waals surface area contributed by atoms with E-state index in [9.17, 15) is 18.0 Å². The van der Waals surface area contributed by atoms with Gasteiger partial charge in [0.25, 0.3) is 0 Å². The van der Waals surface area contributed by atoms with Crippen LogP contribution in [-0.4, -0.2) is 11.0 Å². The van der Waals surface area contributed by atoms with Crippen LogP contribution in [0.4, 0.5) is 23.7 Å². The van der Waals surface area contributed by atoms with Crippen molar-refractivity contribution >= 4 is 11.7 Å². The minimum atomic E-state index is -4.57. The minimum absolute atomic E-state index is 0.160. The molecule has 0 unspecified atom stereocenters. The Morgan fingerprint density at radius 1 is 1.27 bits per heavy atom. The molecule has 1 saturated carbocycles. The fourth-order valence-electron chi connectivity index (χ4n) is 2.68. The van der Waals surface area contributed by atoms with Crippen LogP contribution in [-0.2, 0) is 12.8 Å². The van der Waals surface area contributed by atoms with Gasteiger partial charge in [0.2, 0.25) is 5.88 Å². The molecule has 1 aromatic carbocycles. The highest BCUT2D eigenvalue weighted by molar-refractivity contribution is 5.89. The van der Waals surface area contributed by atoms with Crippen molar-refractivity contribution in [1.82, 2.24) is 10.4 Å². The number of amides is 2. The van der Waals surface area contributed by atoms with E-state index in [1.54, 1.807) is 12.1 Å². The van der Waals surface area contributed by atoms with E-state index >= 15 is 0 Å². The van der Waals surface area contributed by atoms with Crippen molar-refractivity contribution in [2.24, 2.45) is 5.84 Å². The van der Waals surface area contributed by atoms with Crippen LogP contribution in [0.5, 0.6) is 5.88 Å². The van der Waals surface area contributed by atoms with Gasteiger partial charge in [0.1, 0.15) is 12.2 Å². The number of halogens is 3. The molecule has 1 fully saturated rings. The number of hydrazine groups is 1. The average molecular weight is 366 g/mol. The molecule has 0 spiro atoms. The highest BCUT2D eigenvalue weighted by Gasteiger charge is 2.35. The first-order valence-corrected chi connectivity index (χ1v) is 7.94. The normalized spacial score (nSPS) is 14.0. The van der Waals surface area contributed by atoms with E-state index < -0.39 is 23.7 Å². The highest BCUT2D eigenvalue weighted by atomic mass is 19.4. The van der Waals surface area contributed by atoms with Gasteiger partial charge in [0, 0.05) is 17.4 Å². The molecule has 138 valence electrons. The Morgan fingerprint density at radius 3 is 2.69 bits per heavy atom. The van der Waals surface area contributed by atoms with E-state index in [1.165, 1.54) is 12.3 Å². The number of pyridine rings is 1. The van der Waals surface area contributed by atoms with Crippen molar-refractivity contribution in [3.8, 4) is 5.88 Å². The molecule has 1 heterocycles. The smallest absolute Gasteiger partial charge is 0.421 e. The maximum atomic E-state index is 13.1. The van der Waals surface area contributed by atoms with E-state index in [0.29, 0.717) is 17.2 Å². The number of aromatic nitrogens is 1. The molecule has 1 aromatic heterocycles. The summed E-state index contributed by atoms with van der Waals surface area (Å²) in [6, 6.07) is 6.77.